The Kier molecular flexibility index (Phi) is 8.86. The normalized spacial score (nSPS) is 19.4. The highest BCUT2D eigenvalue weighted by Gasteiger charge is 2.29. The number of ether oxygens (including phenoxy) is 2. The van der Waals surface area contributed by atoms with E-state index in [-0.39, 0.29) is 22.3 Å². The van der Waals surface area contributed by atoms with Crippen LogP contribution in [0.4, 0.5) is 0 Å². The van der Waals surface area contributed by atoms with Crippen LogP contribution in [0.15, 0.2) is 60.5 Å². The van der Waals surface area contributed by atoms with Crippen molar-refractivity contribution in [2.75, 3.05) is 26.4 Å². The molecule has 2 heterocycles. The highest BCUT2D eigenvalue weighted by Crippen LogP contribution is 2.36. The summed E-state index contributed by atoms with van der Waals surface area (Å²) in [5, 5.41) is 0.472. The number of hydrogen-bond acceptors (Lipinski definition) is 8. The molecule has 1 saturated heterocycles. The maximum absolute atomic E-state index is 12.4. The minimum absolute atomic E-state index is 0.0906. The first kappa shape index (κ1) is 30.4. The van der Waals surface area contributed by atoms with E-state index in [2.05, 4.69) is 16.9 Å². The number of fused-ring (bicyclic) bond motifs is 1. The minimum atomic E-state index is -3.24. The number of amides is 1. The van der Waals surface area contributed by atoms with Crippen LogP contribution in [0, 0.1) is 0 Å². The fourth-order valence-electron chi connectivity index (χ4n) is 5.25. The average Bonchev–Trinajstić information content (AvgIpc) is 3.34. The quantitative estimate of drug-likeness (QED) is 0.345. The van der Waals surface area contributed by atoms with E-state index in [9.17, 15) is 13.2 Å². The van der Waals surface area contributed by atoms with Crippen LogP contribution in [-0.2, 0) is 25.1 Å². The predicted octanol–water partition coefficient (Wildman–Crippen LogP) is 4.49. The summed E-state index contributed by atoms with van der Waals surface area (Å²) < 4.78 is 38.2. The number of sulfone groups is 1. The van der Waals surface area contributed by atoms with E-state index >= 15 is 0 Å². The number of aromatic nitrogens is 2. The minimum Gasteiger partial charge on any atom is -0.489 e. The van der Waals surface area contributed by atoms with Gasteiger partial charge in [0.05, 0.1) is 38.4 Å². The summed E-state index contributed by atoms with van der Waals surface area (Å²) in [5.41, 5.74) is 9.12. The molecule has 1 unspecified atom stereocenters. The van der Waals surface area contributed by atoms with Gasteiger partial charge in [0.2, 0.25) is 5.91 Å². The summed E-state index contributed by atoms with van der Waals surface area (Å²) in [6, 6.07) is 10.9. The van der Waals surface area contributed by atoms with Crippen LogP contribution in [0.1, 0.15) is 37.0 Å². The number of benzene rings is 2. The van der Waals surface area contributed by atoms with Crippen LogP contribution in [0.5, 0.6) is 5.75 Å². The van der Waals surface area contributed by atoms with E-state index < -0.39 is 28.0 Å². The van der Waals surface area contributed by atoms with E-state index in [0.717, 1.165) is 31.5 Å². The van der Waals surface area contributed by atoms with E-state index in [1.165, 1.54) is 6.26 Å². The third-order valence-electron chi connectivity index (χ3n) is 7.46. The summed E-state index contributed by atoms with van der Waals surface area (Å²) in [5.74, 6) is -0.181. The van der Waals surface area contributed by atoms with E-state index in [4.69, 9.17) is 39.0 Å². The van der Waals surface area contributed by atoms with Crippen molar-refractivity contribution in [3.63, 3.8) is 0 Å². The third kappa shape index (κ3) is 6.76. The molecule has 5 rings (SSSR count). The molecule has 2 aromatic carbocycles. The first-order chi connectivity index (χ1) is 19.9. The van der Waals surface area contributed by atoms with Gasteiger partial charge >= 0.3 is 0 Å². The number of carbonyl (C=O) groups excluding carboxylic acids is 1. The van der Waals surface area contributed by atoms with Crippen LogP contribution in [0.3, 0.4) is 0 Å². The Morgan fingerprint density at radius 3 is 2.67 bits per heavy atom. The van der Waals surface area contributed by atoms with Crippen molar-refractivity contribution < 1.29 is 22.7 Å². The number of piperidine rings is 1. The van der Waals surface area contributed by atoms with Gasteiger partial charge < -0.3 is 20.1 Å². The number of carbonyl (C=O) groups is 1. The number of hydrogen-bond donors (Lipinski definition) is 1. The monoisotopic (exact) mass is 628 g/mol. The SMILES string of the molecule is C[C@@H](OC1C=C(n2cnc3ccc(CS(C)(=O)=O)cc32)C=C(C(N)=O)C1=S)c1cccc(OC2CCN(C)CC2)c1Cl. The highest BCUT2D eigenvalue weighted by atomic mass is 35.5. The summed E-state index contributed by atoms with van der Waals surface area (Å²) in [6.45, 7) is 3.80. The molecule has 0 radical (unpaired) electrons. The lowest BCUT2D eigenvalue weighted by atomic mass is 9.98. The highest BCUT2D eigenvalue weighted by molar-refractivity contribution is 7.89. The molecule has 3 aromatic rings. The Balaban J connectivity index is 1.43. The van der Waals surface area contributed by atoms with Crippen LogP contribution >= 0.6 is 23.8 Å². The number of nitrogens with zero attached hydrogens (tertiary/aromatic N) is 3. The molecular formula is C30H33ClN4O5S2. The van der Waals surface area contributed by atoms with E-state index in [1.54, 1.807) is 41.2 Å². The number of primary amides is 1. The van der Waals surface area contributed by atoms with Gasteiger partial charge in [0.1, 0.15) is 24.3 Å². The first-order valence-corrected chi connectivity index (χ1v) is 16.4. The number of nitrogens with two attached hydrogens (primary N) is 1. The molecule has 9 nitrogen and oxygen atoms in total. The standard InChI is InChI=1S/C30H33ClN4O5S2/c1-18(22-5-4-6-26(28(22)31)40-21-9-11-34(2)12-10-21)39-27-15-20(14-23(29(27)41)30(32)36)35-17-33-24-8-7-19(13-25(24)35)16-42(3,37)38/h4-8,13-15,17-18,21,27H,9-12,16H2,1-3H3,(H2,32,36)/t18-,27?/m1/s1. The van der Waals surface area contributed by atoms with Crippen molar-refractivity contribution in [1.29, 1.82) is 0 Å². The maximum atomic E-state index is 12.4. The molecule has 0 saturated carbocycles. The van der Waals surface area contributed by atoms with E-state index in [1.807, 2.05) is 25.1 Å². The Labute approximate surface area is 255 Å². The van der Waals surface area contributed by atoms with Gasteiger partial charge in [-0.25, -0.2) is 13.4 Å². The smallest absolute Gasteiger partial charge is 0.250 e. The van der Waals surface area contributed by atoms with Crippen molar-refractivity contribution in [2.24, 2.45) is 5.73 Å². The second kappa shape index (κ2) is 12.3. The Morgan fingerprint density at radius 2 is 1.98 bits per heavy atom. The Hall–Kier alpha value is -3.09. The van der Waals surface area contributed by atoms with Gasteiger partial charge in [-0.15, -0.1) is 0 Å². The fourth-order valence-corrected chi connectivity index (χ4v) is 6.65. The zero-order valence-electron chi connectivity index (χ0n) is 23.6. The number of imidazole rings is 1. The lowest BCUT2D eigenvalue weighted by Crippen LogP contribution is -2.35. The lowest BCUT2D eigenvalue weighted by Gasteiger charge is -2.30. The zero-order chi connectivity index (χ0) is 30.2. The molecule has 1 aliphatic carbocycles. The molecular weight excluding hydrogens is 596 g/mol. The molecule has 1 amide bonds. The van der Waals surface area contributed by atoms with E-state index in [0.29, 0.717) is 33.1 Å². The summed E-state index contributed by atoms with van der Waals surface area (Å²) in [4.78, 5) is 19.4. The summed E-state index contributed by atoms with van der Waals surface area (Å²) in [6.07, 6.45) is 6.84. The molecule has 12 heteroatoms. The molecule has 0 bridgehead atoms. The second-order valence-corrected chi connectivity index (χ2v) is 13.8. The zero-order valence-corrected chi connectivity index (χ0v) is 26.0. The molecule has 42 heavy (non-hydrogen) atoms. The number of allylic oxidation sites excluding steroid dienone is 2. The molecule has 2 aliphatic rings. The lowest BCUT2D eigenvalue weighted by molar-refractivity contribution is -0.114. The molecule has 1 aliphatic heterocycles. The molecule has 2 atom stereocenters. The molecule has 1 aromatic heterocycles. The van der Waals surface area contributed by atoms with Gasteiger partial charge in [-0.1, -0.05) is 42.0 Å². The molecule has 1 fully saturated rings. The van der Waals surface area contributed by atoms with Gasteiger partial charge in [-0.05, 0) is 62.7 Å². The second-order valence-electron chi connectivity index (χ2n) is 10.9. The molecule has 222 valence electrons. The number of likely N-dealkylation sites (tertiary alicyclic amines) is 1. The number of rotatable bonds is 9. The largest absolute Gasteiger partial charge is 0.489 e. The van der Waals surface area contributed by atoms with Crippen molar-refractivity contribution >= 4 is 61.2 Å². The van der Waals surface area contributed by atoms with Gasteiger partial charge in [-0.2, -0.15) is 0 Å². The van der Waals surface area contributed by atoms with Crippen molar-refractivity contribution in [3.8, 4) is 5.75 Å². The van der Waals surface area contributed by atoms with Crippen LogP contribution < -0.4 is 10.5 Å². The van der Waals surface area contributed by atoms with Gasteiger partial charge in [-0.3, -0.25) is 9.36 Å². The van der Waals surface area contributed by atoms with Gasteiger partial charge in [0.15, 0.2) is 9.84 Å². The maximum Gasteiger partial charge on any atom is 0.250 e. The molecule has 2 N–H and O–H groups in total. The molecule has 0 spiro atoms. The van der Waals surface area contributed by atoms with Crippen molar-refractivity contribution in [2.45, 2.75) is 43.8 Å². The summed E-state index contributed by atoms with van der Waals surface area (Å²) >= 11 is 12.5. The van der Waals surface area contributed by atoms with Gasteiger partial charge in [0.25, 0.3) is 0 Å². The van der Waals surface area contributed by atoms with Crippen LogP contribution in [-0.4, -0.2) is 72.2 Å². The summed E-state index contributed by atoms with van der Waals surface area (Å²) in [7, 11) is -1.14. The fraction of sp³-hybridized carbons (Fsp3) is 0.367. The Morgan fingerprint density at radius 1 is 1.24 bits per heavy atom. The first-order valence-electron chi connectivity index (χ1n) is 13.6. The predicted molar refractivity (Wildman–Crippen MR) is 168 cm³/mol. The van der Waals surface area contributed by atoms with Crippen LogP contribution in [0.25, 0.3) is 16.7 Å². The third-order valence-corrected chi connectivity index (χ3v) is 9.18. The number of halogens is 1. The van der Waals surface area contributed by atoms with Crippen LogP contribution in [0.2, 0.25) is 5.02 Å². The van der Waals surface area contributed by atoms with Gasteiger partial charge in [0, 0.05) is 30.6 Å². The average molecular weight is 629 g/mol. The van der Waals surface area contributed by atoms with Crippen molar-refractivity contribution in [1.82, 2.24) is 14.5 Å². The Bertz CT molecular complexity index is 1710. The topological polar surface area (TPSA) is 117 Å². The van der Waals surface area contributed by atoms with Crippen molar-refractivity contribution in [3.05, 3.63) is 76.6 Å². The number of thiocarbonyl (C=S) groups is 1.